The van der Waals surface area contributed by atoms with Crippen LogP contribution in [0.5, 0.6) is 11.5 Å². The van der Waals surface area contributed by atoms with Crippen LogP contribution in [0, 0.1) is 5.92 Å². The van der Waals surface area contributed by atoms with Crippen LogP contribution < -0.4 is 9.47 Å². The van der Waals surface area contributed by atoms with E-state index >= 15 is 0 Å². The van der Waals surface area contributed by atoms with Crippen molar-refractivity contribution < 1.29 is 32.9 Å². The molecule has 0 radical (unpaired) electrons. The van der Waals surface area contributed by atoms with Gasteiger partial charge in [-0.25, -0.2) is 4.79 Å². The number of methoxy groups -OCH3 is 2. The molecule has 178 valence electrons. The molecule has 1 aromatic heterocycles. The molecule has 0 fully saturated rings. The molecule has 4 rings (SSSR count). The number of carbonyl (C=O) groups is 2. The summed E-state index contributed by atoms with van der Waals surface area (Å²) in [5, 5.41) is 4.07. The molecule has 1 unspecified atom stereocenters. The summed E-state index contributed by atoms with van der Waals surface area (Å²) in [5.41, 5.74) is 1.27. The summed E-state index contributed by atoms with van der Waals surface area (Å²) in [5.74, 6) is 0.989. The first-order valence-electron chi connectivity index (χ1n) is 11.0. The van der Waals surface area contributed by atoms with Gasteiger partial charge in [0.2, 0.25) is 5.82 Å². The quantitative estimate of drug-likeness (QED) is 0.388. The lowest BCUT2D eigenvalue weighted by molar-refractivity contribution is -0.460. The lowest BCUT2D eigenvalue weighted by Crippen LogP contribution is -2.54. The molecule has 2 heterocycles. The monoisotopic (exact) mass is 467 g/mol. The van der Waals surface area contributed by atoms with E-state index in [1.165, 1.54) is 9.48 Å². The molecule has 1 aromatic carbocycles. The molecule has 0 saturated carbocycles. The molecular weight excluding hydrogens is 440 g/mol. The molecular formula is C24H27N4O6+. The maximum Gasteiger partial charge on any atom is 0.501 e. The van der Waals surface area contributed by atoms with E-state index in [0.29, 0.717) is 48.2 Å². The van der Waals surface area contributed by atoms with Gasteiger partial charge in [-0.05, 0) is 31.2 Å². The number of amides is 3. The Balaban J connectivity index is 1.60. The van der Waals surface area contributed by atoms with Crippen LogP contribution in [0.3, 0.4) is 0 Å². The molecule has 3 amide bonds. The van der Waals surface area contributed by atoms with Crippen molar-refractivity contribution in [3.63, 3.8) is 0 Å². The minimum Gasteiger partial charge on any atom is -0.493 e. The van der Waals surface area contributed by atoms with Crippen LogP contribution in [-0.2, 0) is 16.1 Å². The summed E-state index contributed by atoms with van der Waals surface area (Å²) >= 11 is 0. The van der Waals surface area contributed by atoms with Gasteiger partial charge >= 0.3 is 11.9 Å². The molecule has 1 atom stereocenters. The maximum absolute atomic E-state index is 13.2. The number of urea groups is 1. The number of aromatic nitrogens is 2. The van der Waals surface area contributed by atoms with Crippen molar-refractivity contribution in [2.75, 3.05) is 34.0 Å². The predicted octanol–water partition coefficient (Wildman–Crippen LogP) is 2.84. The second-order valence-electron chi connectivity index (χ2n) is 7.66. The highest BCUT2D eigenvalue weighted by atomic mass is 16.5. The van der Waals surface area contributed by atoms with E-state index in [2.05, 4.69) is 10.1 Å². The van der Waals surface area contributed by atoms with Gasteiger partial charge in [0.05, 0.1) is 20.3 Å². The molecule has 34 heavy (non-hydrogen) atoms. The normalized spacial score (nSPS) is 17.4. The minimum absolute atomic E-state index is 0.0398. The molecule has 2 aromatic rings. The van der Waals surface area contributed by atoms with Crippen LogP contribution >= 0.6 is 0 Å². The van der Waals surface area contributed by atoms with Crippen LogP contribution in [0.1, 0.15) is 19.2 Å². The van der Waals surface area contributed by atoms with Crippen LogP contribution in [-0.4, -0.2) is 71.2 Å². The average Bonchev–Trinajstić information content (AvgIpc) is 3.33. The molecule has 10 heteroatoms. The zero-order chi connectivity index (χ0) is 24.1. The third kappa shape index (κ3) is 4.62. The molecule has 1 aliphatic carbocycles. The largest absolute Gasteiger partial charge is 0.501 e. The molecule has 0 spiro atoms. The maximum atomic E-state index is 13.2. The van der Waals surface area contributed by atoms with Crippen molar-refractivity contribution in [2.45, 2.75) is 19.9 Å². The van der Waals surface area contributed by atoms with Crippen LogP contribution in [0.25, 0.3) is 11.4 Å². The van der Waals surface area contributed by atoms with Crippen LogP contribution in [0.2, 0.25) is 0 Å². The van der Waals surface area contributed by atoms with Gasteiger partial charge in [0, 0.05) is 25.7 Å². The summed E-state index contributed by atoms with van der Waals surface area (Å²) in [4.78, 5) is 31.9. The van der Waals surface area contributed by atoms with Crippen molar-refractivity contribution in [3.05, 3.63) is 48.4 Å². The van der Waals surface area contributed by atoms with Crippen molar-refractivity contribution >= 4 is 17.6 Å². The predicted molar refractivity (Wildman–Crippen MR) is 122 cm³/mol. The van der Waals surface area contributed by atoms with E-state index in [1.54, 1.807) is 50.7 Å². The van der Waals surface area contributed by atoms with Gasteiger partial charge < -0.3 is 18.7 Å². The van der Waals surface area contributed by atoms with Gasteiger partial charge in [0.15, 0.2) is 18.0 Å². The second-order valence-corrected chi connectivity index (χ2v) is 7.66. The first kappa shape index (κ1) is 23.4. The Morgan fingerprint density at radius 3 is 2.79 bits per heavy atom. The fourth-order valence-corrected chi connectivity index (χ4v) is 3.90. The number of carbonyl (C=O) groups excluding carboxylic acids is 2. The Labute approximate surface area is 197 Å². The molecule has 2 aliphatic rings. The summed E-state index contributed by atoms with van der Waals surface area (Å²) in [7, 11) is 3.14. The van der Waals surface area contributed by atoms with Gasteiger partial charge in [0.25, 0.3) is 5.89 Å². The van der Waals surface area contributed by atoms with E-state index in [4.69, 9.17) is 18.7 Å². The van der Waals surface area contributed by atoms with E-state index < -0.39 is 11.9 Å². The number of rotatable bonds is 10. The Morgan fingerprint density at radius 2 is 2.03 bits per heavy atom. The second kappa shape index (κ2) is 10.4. The summed E-state index contributed by atoms with van der Waals surface area (Å²) in [6, 6.07) is 4.94. The Bertz CT molecular complexity index is 1170. The lowest BCUT2D eigenvalue weighted by Gasteiger charge is -2.26. The molecule has 1 aliphatic heterocycles. The number of imide groups is 1. The van der Waals surface area contributed by atoms with Gasteiger partial charge in [-0.1, -0.05) is 23.4 Å². The van der Waals surface area contributed by atoms with E-state index in [1.807, 2.05) is 13.0 Å². The first-order valence-corrected chi connectivity index (χ1v) is 11.0. The smallest absolute Gasteiger partial charge is 0.493 e. The lowest BCUT2D eigenvalue weighted by atomic mass is 9.94. The fraction of sp³-hybridized carbons (Fsp3) is 0.375. The van der Waals surface area contributed by atoms with Crippen molar-refractivity contribution in [1.82, 2.24) is 15.0 Å². The number of hydrogen-bond donors (Lipinski definition) is 0. The van der Waals surface area contributed by atoms with Gasteiger partial charge in [0.1, 0.15) is 11.6 Å². The summed E-state index contributed by atoms with van der Waals surface area (Å²) in [6.07, 6.45) is 7.70. The third-order valence-electron chi connectivity index (χ3n) is 5.52. The zero-order valence-corrected chi connectivity index (χ0v) is 19.4. The number of allylic oxidation sites excluding steroid dienone is 3. The Hall–Kier alpha value is -3.79. The highest BCUT2D eigenvalue weighted by molar-refractivity contribution is 6.16. The zero-order valence-electron chi connectivity index (χ0n) is 19.4. The fourth-order valence-electron chi connectivity index (χ4n) is 3.90. The number of fused-ring (bicyclic) bond motifs is 1. The minimum atomic E-state index is -0.539. The molecule has 0 saturated heterocycles. The van der Waals surface area contributed by atoms with Crippen molar-refractivity contribution in [1.29, 1.82) is 0 Å². The Morgan fingerprint density at radius 1 is 1.18 bits per heavy atom. The SMILES string of the molecule is CCOc1ccc(-c2noc(C[N+]3=C4C=CC=CC4C(=O)N(CCCOC)C3=O)n2)cc1OC. The number of nitrogens with zero attached hydrogens (tertiary/aromatic N) is 4. The van der Waals surface area contributed by atoms with Crippen LogP contribution in [0.15, 0.2) is 47.0 Å². The van der Waals surface area contributed by atoms with Crippen molar-refractivity contribution in [2.24, 2.45) is 5.92 Å². The highest BCUT2D eigenvalue weighted by Gasteiger charge is 2.46. The summed E-state index contributed by atoms with van der Waals surface area (Å²) < 4.78 is 23.0. The standard InChI is InChI=1S/C24H27N4O6/c1-4-33-19-11-10-16(14-20(19)32-3)22-25-21(34-26-22)15-28-18-9-6-5-8-17(18)23(29)27(24(28)30)12-7-13-31-2/h5-6,8-11,14,17H,4,7,12-13,15H2,1-3H3/q+1. The first-order chi connectivity index (χ1) is 16.6. The number of hydrogen-bond acceptors (Lipinski definition) is 8. The van der Waals surface area contributed by atoms with Crippen molar-refractivity contribution in [3.8, 4) is 22.9 Å². The number of ether oxygens (including phenoxy) is 3. The van der Waals surface area contributed by atoms with Gasteiger partial charge in [-0.2, -0.15) is 19.3 Å². The number of benzene rings is 1. The third-order valence-corrected chi connectivity index (χ3v) is 5.52. The van der Waals surface area contributed by atoms with E-state index in [0.717, 1.165) is 0 Å². The topological polar surface area (TPSA) is 107 Å². The molecule has 0 N–H and O–H groups in total. The van der Waals surface area contributed by atoms with Crippen LogP contribution in [0.4, 0.5) is 4.79 Å². The van der Waals surface area contributed by atoms with Gasteiger partial charge in [-0.15, -0.1) is 0 Å². The highest BCUT2D eigenvalue weighted by Crippen LogP contribution is 2.31. The Kier molecular flexibility index (Phi) is 7.17. The summed E-state index contributed by atoms with van der Waals surface area (Å²) in [6.45, 7) is 3.17. The van der Waals surface area contributed by atoms with E-state index in [-0.39, 0.29) is 24.9 Å². The average molecular weight is 468 g/mol. The molecule has 10 nitrogen and oxygen atoms in total. The van der Waals surface area contributed by atoms with E-state index in [9.17, 15) is 9.59 Å². The molecule has 0 bridgehead atoms. The van der Waals surface area contributed by atoms with Gasteiger partial charge in [-0.3, -0.25) is 0 Å².